The molecule has 2 fully saturated rings. The van der Waals surface area contributed by atoms with E-state index >= 15 is 0 Å². The number of aliphatic hydroxyl groups is 1. The van der Waals surface area contributed by atoms with Crippen molar-refractivity contribution < 1.29 is 19.3 Å². The van der Waals surface area contributed by atoms with E-state index in [0.29, 0.717) is 25.9 Å². The highest BCUT2D eigenvalue weighted by Crippen LogP contribution is 2.20. The molecule has 19 heavy (non-hydrogen) atoms. The van der Waals surface area contributed by atoms with E-state index in [1.165, 1.54) is 51.4 Å². The molecule has 1 saturated carbocycles. The van der Waals surface area contributed by atoms with Gasteiger partial charge >= 0.3 is 0 Å². The zero-order valence-electron chi connectivity index (χ0n) is 11.9. The van der Waals surface area contributed by atoms with Crippen LogP contribution in [-0.4, -0.2) is 49.8 Å². The summed E-state index contributed by atoms with van der Waals surface area (Å²) in [7, 11) is 0. The standard InChI is InChI=1S/C15H28O4/c16-9-14-10-19-15(12-18-14)11-17-13-7-5-3-1-2-4-6-8-13/h13-16H,1-12H2. The zero-order chi connectivity index (χ0) is 13.3. The Bertz CT molecular complexity index is 216. The summed E-state index contributed by atoms with van der Waals surface area (Å²) >= 11 is 0. The third kappa shape index (κ3) is 5.78. The predicted octanol–water partition coefficient (Wildman–Crippen LogP) is 2.28. The van der Waals surface area contributed by atoms with Crippen LogP contribution in [-0.2, 0) is 14.2 Å². The van der Waals surface area contributed by atoms with Gasteiger partial charge in [-0.1, -0.05) is 38.5 Å². The van der Waals surface area contributed by atoms with E-state index in [9.17, 15) is 0 Å². The predicted molar refractivity (Wildman–Crippen MR) is 73.2 cm³/mol. The maximum atomic E-state index is 8.96. The Morgan fingerprint density at radius 1 is 0.842 bits per heavy atom. The Morgan fingerprint density at radius 3 is 2.00 bits per heavy atom. The van der Waals surface area contributed by atoms with Gasteiger partial charge in [0.05, 0.1) is 32.5 Å². The van der Waals surface area contributed by atoms with Gasteiger partial charge in [-0.2, -0.15) is 0 Å². The maximum Gasteiger partial charge on any atom is 0.104 e. The van der Waals surface area contributed by atoms with Crippen LogP contribution in [0.25, 0.3) is 0 Å². The van der Waals surface area contributed by atoms with Crippen molar-refractivity contribution in [1.82, 2.24) is 0 Å². The summed E-state index contributed by atoms with van der Waals surface area (Å²) in [4.78, 5) is 0. The lowest BCUT2D eigenvalue weighted by Gasteiger charge is -2.29. The van der Waals surface area contributed by atoms with Crippen molar-refractivity contribution in [2.45, 2.75) is 69.7 Å². The van der Waals surface area contributed by atoms with Crippen molar-refractivity contribution in [3.8, 4) is 0 Å². The molecule has 2 rings (SSSR count). The Morgan fingerprint density at radius 2 is 1.42 bits per heavy atom. The van der Waals surface area contributed by atoms with E-state index in [-0.39, 0.29) is 18.8 Å². The highest BCUT2D eigenvalue weighted by Gasteiger charge is 2.23. The van der Waals surface area contributed by atoms with E-state index in [0.717, 1.165) is 0 Å². The van der Waals surface area contributed by atoms with Gasteiger partial charge in [0, 0.05) is 0 Å². The summed E-state index contributed by atoms with van der Waals surface area (Å²) in [5, 5.41) is 8.96. The molecule has 4 heteroatoms. The molecule has 112 valence electrons. The first kappa shape index (κ1) is 15.2. The van der Waals surface area contributed by atoms with E-state index < -0.39 is 0 Å². The smallest absolute Gasteiger partial charge is 0.104 e. The molecule has 2 atom stereocenters. The SMILES string of the molecule is OCC1COC(COC2CCCCCCCC2)CO1. The second kappa shape index (κ2) is 8.90. The Kier molecular flexibility index (Phi) is 7.14. The second-order valence-corrected chi connectivity index (χ2v) is 5.75. The molecule has 0 radical (unpaired) electrons. The van der Waals surface area contributed by atoms with E-state index in [4.69, 9.17) is 19.3 Å². The quantitative estimate of drug-likeness (QED) is 0.853. The van der Waals surface area contributed by atoms with Gasteiger partial charge < -0.3 is 19.3 Å². The molecule has 2 aliphatic rings. The molecular formula is C15H28O4. The van der Waals surface area contributed by atoms with Gasteiger partial charge in [-0.15, -0.1) is 0 Å². The summed E-state index contributed by atoms with van der Waals surface area (Å²) in [5.74, 6) is 0. The van der Waals surface area contributed by atoms with Gasteiger partial charge in [-0.05, 0) is 12.8 Å². The third-order valence-corrected chi connectivity index (χ3v) is 4.06. The van der Waals surface area contributed by atoms with Gasteiger partial charge in [0.1, 0.15) is 12.2 Å². The fraction of sp³-hybridized carbons (Fsp3) is 1.00. The van der Waals surface area contributed by atoms with Gasteiger partial charge in [0.15, 0.2) is 0 Å². The summed E-state index contributed by atoms with van der Waals surface area (Å²) in [6.45, 7) is 1.69. The lowest BCUT2D eigenvalue weighted by atomic mass is 10.1. The first-order valence-electron chi connectivity index (χ1n) is 7.84. The molecule has 4 nitrogen and oxygen atoms in total. The molecule has 1 aliphatic heterocycles. The molecule has 0 spiro atoms. The lowest BCUT2D eigenvalue weighted by molar-refractivity contribution is -0.167. The molecule has 1 aliphatic carbocycles. The molecule has 1 N–H and O–H groups in total. The lowest BCUT2D eigenvalue weighted by Crippen LogP contribution is -2.40. The van der Waals surface area contributed by atoms with Gasteiger partial charge in [-0.25, -0.2) is 0 Å². The fourth-order valence-corrected chi connectivity index (χ4v) is 2.79. The number of hydrogen-bond donors (Lipinski definition) is 1. The zero-order valence-corrected chi connectivity index (χ0v) is 11.9. The summed E-state index contributed by atoms with van der Waals surface area (Å²) < 4.78 is 17.1. The van der Waals surface area contributed by atoms with E-state index in [1.54, 1.807) is 0 Å². The number of ether oxygens (including phenoxy) is 3. The van der Waals surface area contributed by atoms with Gasteiger partial charge in [-0.3, -0.25) is 0 Å². The Hall–Kier alpha value is -0.160. The Balaban J connectivity index is 1.63. The van der Waals surface area contributed by atoms with Crippen molar-refractivity contribution in [3.63, 3.8) is 0 Å². The topological polar surface area (TPSA) is 47.9 Å². The molecule has 0 aromatic carbocycles. The van der Waals surface area contributed by atoms with Gasteiger partial charge in [0.2, 0.25) is 0 Å². The van der Waals surface area contributed by atoms with Crippen LogP contribution >= 0.6 is 0 Å². The highest BCUT2D eigenvalue weighted by atomic mass is 16.6. The van der Waals surface area contributed by atoms with Gasteiger partial charge in [0.25, 0.3) is 0 Å². The number of aliphatic hydroxyl groups excluding tert-OH is 1. The van der Waals surface area contributed by atoms with Crippen LogP contribution < -0.4 is 0 Å². The molecule has 0 amide bonds. The molecular weight excluding hydrogens is 244 g/mol. The monoisotopic (exact) mass is 272 g/mol. The second-order valence-electron chi connectivity index (χ2n) is 5.75. The average Bonchev–Trinajstić information content (AvgIpc) is 2.59. The van der Waals surface area contributed by atoms with Crippen molar-refractivity contribution in [2.75, 3.05) is 26.4 Å². The molecule has 2 unspecified atom stereocenters. The number of hydrogen-bond acceptors (Lipinski definition) is 4. The van der Waals surface area contributed by atoms with Crippen LogP contribution in [0.4, 0.5) is 0 Å². The van der Waals surface area contributed by atoms with E-state index in [2.05, 4.69) is 0 Å². The summed E-state index contributed by atoms with van der Waals surface area (Å²) in [6, 6.07) is 0. The minimum absolute atomic E-state index is 0.0374. The van der Waals surface area contributed by atoms with E-state index in [1.807, 2.05) is 0 Å². The molecule has 0 aromatic rings. The maximum absolute atomic E-state index is 8.96. The highest BCUT2D eigenvalue weighted by molar-refractivity contribution is 4.69. The minimum atomic E-state index is -0.152. The van der Waals surface area contributed by atoms with Crippen molar-refractivity contribution >= 4 is 0 Å². The third-order valence-electron chi connectivity index (χ3n) is 4.06. The molecule has 1 saturated heterocycles. The van der Waals surface area contributed by atoms with Crippen LogP contribution in [0, 0.1) is 0 Å². The normalized spacial score (nSPS) is 31.4. The first-order valence-corrected chi connectivity index (χ1v) is 7.84. The van der Waals surface area contributed by atoms with Crippen LogP contribution in [0.15, 0.2) is 0 Å². The van der Waals surface area contributed by atoms with Crippen LogP contribution in [0.1, 0.15) is 51.4 Å². The first-order chi connectivity index (χ1) is 9.38. The van der Waals surface area contributed by atoms with Crippen LogP contribution in [0.3, 0.4) is 0 Å². The Labute approximate surface area is 116 Å². The molecule has 0 bridgehead atoms. The molecule has 1 heterocycles. The van der Waals surface area contributed by atoms with Crippen molar-refractivity contribution in [1.29, 1.82) is 0 Å². The van der Waals surface area contributed by atoms with Crippen molar-refractivity contribution in [3.05, 3.63) is 0 Å². The largest absolute Gasteiger partial charge is 0.394 e. The van der Waals surface area contributed by atoms with Crippen LogP contribution in [0.2, 0.25) is 0 Å². The van der Waals surface area contributed by atoms with Crippen molar-refractivity contribution in [2.24, 2.45) is 0 Å². The average molecular weight is 272 g/mol. The van der Waals surface area contributed by atoms with Crippen LogP contribution in [0.5, 0.6) is 0 Å². The summed E-state index contributed by atoms with van der Waals surface area (Å²) in [6.07, 6.45) is 10.7. The minimum Gasteiger partial charge on any atom is -0.394 e. The summed E-state index contributed by atoms with van der Waals surface area (Å²) in [5.41, 5.74) is 0. The number of rotatable bonds is 4. The fourth-order valence-electron chi connectivity index (χ4n) is 2.79. The molecule has 0 aromatic heterocycles.